The first-order valence-corrected chi connectivity index (χ1v) is 14.1. The van der Waals surface area contributed by atoms with E-state index < -0.39 is 12.0 Å². The highest BCUT2D eigenvalue weighted by molar-refractivity contribution is 9.10. The van der Waals surface area contributed by atoms with Crippen LogP contribution in [-0.4, -0.2) is 38.0 Å². The van der Waals surface area contributed by atoms with Gasteiger partial charge in [-0.05, 0) is 55.8 Å². The molecule has 0 spiro atoms. The van der Waals surface area contributed by atoms with Gasteiger partial charge in [0.05, 0.1) is 42.7 Å². The van der Waals surface area contributed by atoms with Crippen molar-refractivity contribution in [2.75, 3.05) is 27.4 Å². The van der Waals surface area contributed by atoms with Crippen molar-refractivity contribution in [3.63, 3.8) is 0 Å². The Hall–Kier alpha value is -3.33. The third-order valence-corrected chi connectivity index (χ3v) is 8.05. The summed E-state index contributed by atoms with van der Waals surface area (Å²) in [5, 5.41) is 0. The molecule has 0 bridgehead atoms. The number of rotatable bonds is 8. The summed E-state index contributed by atoms with van der Waals surface area (Å²) in [6, 6.07) is 8.07. The Kier molecular flexibility index (Phi) is 9.00. The number of ether oxygens (including phenoxy) is 4. The molecule has 8 nitrogen and oxygen atoms in total. The predicted molar refractivity (Wildman–Crippen MR) is 156 cm³/mol. The van der Waals surface area contributed by atoms with Gasteiger partial charge in [-0.25, -0.2) is 9.79 Å². The van der Waals surface area contributed by atoms with Crippen LogP contribution in [0.3, 0.4) is 0 Å². The number of methoxy groups -OCH3 is 2. The summed E-state index contributed by atoms with van der Waals surface area (Å²) in [6.07, 6.45) is 7.10. The van der Waals surface area contributed by atoms with E-state index in [-0.39, 0.29) is 24.3 Å². The molecule has 0 N–H and O–H groups in total. The van der Waals surface area contributed by atoms with E-state index in [1.54, 1.807) is 38.1 Å². The fourth-order valence-electron chi connectivity index (χ4n) is 4.19. The molecular formula is C28H24Br2N2O6S. The van der Waals surface area contributed by atoms with Crippen molar-refractivity contribution in [3.05, 3.63) is 81.4 Å². The van der Waals surface area contributed by atoms with Crippen LogP contribution in [0.2, 0.25) is 0 Å². The Labute approximate surface area is 245 Å². The summed E-state index contributed by atoms with van der Waals surface area (Å²) < 4.78 is 25.4. The van der Waals surface area contributed by atoms with E-state index in [0.717, 1.165) is 4.47 Å². The van der Waals surface area contributed by atoms with Crippen molar-refractivity contribution < 1.29 is 23.7 Å². The van der Waals surface area contributed by atoms with Crippen molar-refractivity contribution in [3.8, 4) is 29.6 Å². The number of carbonyl (C=O) groups excluding carboxylic acids is 1. The predicted octanol–water partition coefficient (Wildman–Crippen LogP) is 4.35. The van der Waals surface area contributed by atoms with E-state index >= 15 is 0 Å². The van der Waals surface area contributed by atoms with Crippen LogP contribution in [0.5, 0.6) is 17.2 Å². The zero-order valence-corrected chi connectivity index (χ0v) is 25.5. The number of hydrogen-bond acceptors (Lipinski definition) is 8. The lowest BCUT2D eigenvalue weighted by molar-refractivity contribution is -0.139. The topological polar surface area (TPSA) is 88.3 Å². The average Bonchev–Trinajstić information content (AvgIpc) is 3.21. The lowest BCUT2D eigenvalue weighted by Gasteiger charge is -2.26. The minimum absolute atomic E-state index is 0.0825. The van der Waals surface area contributed by atoms with E-state index in [1.165, 1.54) is 30.1 Å². The first kappa shape index (κ1) is 28.7. The van der Waals surface area contributed by atoms with Crippen molar-refractivity contribution in [2.24, 2.45) is 4.99 Å². The molecule has 1 aliphatic rings. The number of terminal acetylenes is 1. The molecule has 39 heavy (non-hydrogen) atoms. The lowest BCUT2D eigenvalue weighted by Crippen LogP contribution is -2.40. The number of carbonyl (C=O) groups is 1. The Balaban J connectivity index is 2.00. The van der Waals surface area contributed by atoms with Crippen molar-refractivity contribution in [2.45, 2.75) is 19.9 Å². The molecule has 0 radical (unpaired) electrons. The van der Waals surface area contributed by atoms with Crippen molar-refractivity contribution >= 4 is 55.2 Å². The second-order valence-corrected chi connectivity index (χ2v) is 11.0. The van der Waals surface area contributed by atoms with Crippen LogP contribution >= 0.6 is 43.2 Å². The van der Waals surface area contributed by atoms with Gasteiger partial charge in [-0.15, -0.1) is 6.42 Å². The summed E-state index contributed by atoms with van der Waals surface area (Å²) >= 11 is 8.28. The number of benzene rings is 2. The van der Waals surface area contributed by atoms with Gasteiger partial charge in [0.25, 0.3) is 5.56 Å². The average molecular weight is 676 g/mol. The number of aromatic nitrogens is 1. The molecule has 0 saturated heterocycles. The quantitative estimate of drug-likeness (QED) is 0.261. The third-order valence-electron chi connectivity index (χ3n) is 5.88. The van der Waals surface area contributed by atoms with Gasteiger partial charge in [0.15, 0.2) is 16.3 Å². The molecule has 0 unspecified atom stereocenters. The van der Waals surface area contributed by atoms with Gasteiger partial charge < -0.3 is 18.9 Å². The minimum Gasteiger partial charge on any atom is -0.493 e. The highest BCUT2D eigenvalue weighted by Gasteiger charge is 2.35. The molecule has 2 heterocycles. The number of allylic oxidation sites excluding steroid dienone is 1. The van der Waals surface area contributed by atoms with Crippen molar-refractivity contribution in [1.82, 2.24) is 4.57 Å². The molecule has 1 aliphatic heterocycles. The van der Waals surface area contributed by atoms with Crippen LogP contribution in [0.4, 0.5) is 0 Å². The maximum Gasteiger partial charge on any atom is 0.338 e. The van der Waals surface area contributed by atoms with Gasteiger partial charge in [0.2, 0.25) is 0 Å². The van der Waals surface area contributed by atoms with E-state index in [0.29, 0.717) is 47.9 Å². The zero-order valence-electron chi connectivity index (χ0n) is 21.5. The van der Waals surface area contributed by atoms with E-state index in [2.05, 4.69) is 42.8 Å². The van der Waals surface area contributed by atoms with E-state index in [1.807, 2.05) is 12.1 Å². The highest BCUT2D eigenvalue weighted by atomic mass is 79.9. The van der Waals surface area contributed by atoms with Crippen LogP contribution in [0.15, 0.2) is 60.3 Å². The lowest BCUT2D eigenvalue weighted by atomic mass is 9.95. The number of thiazole rings is 1. The molecule has 11 heteroatoms. The molecule has 3 aromatic rings. The molecule has 1 aromatic heterocycles. The fraction of sp³-hybridized carbons (Fsp3) is 0.250. The van der Waals surface area contributed by atoms with Crippen LogP contribution in [0.25, 0.3) is 6.08 Å². The first-order chi connectivity index (χ1) is 18.7. The molecule has 1 atom stereocenters. The molecular weight excluding hydrogens is 652 g/mol. The second-order valence-electron chi connectivity index (χ2n) is 8.21. The number of hydrogen-bond donors (Lipinski definition) is 0. The SMILES string of the molecule is C#CCOc1ccc(Br)cc1/C=c1\sc2n(c1=O)[C@@H](c1cc(OC)c(OC)cc1Br)C(C(=O)OCC)=C(C)N=2. The van der Waals surface area contributed by atoms with Crippen LogP contribution in [0, 0.1) is 12.3 Å². The number of esters is 1. The monoisotopic (exact) mass is 674 g/mol. The summed E-state index contributed by atoms with van der Waals surface area (Å²) in [4.78, 5) is 32.3. The van der Waals surface area contributed by atoms with Gasteiger partial charge in [0.1, 0.15) is 12.4 Å². The molecule has 0 amide bonds. The molecule has 202 valence electrons. The number of nitrogens with zero attached hydrogens (tertiary/aromatic N) is 2. The summed E-state index contributed by atoms with van der Waals surface area (Å²) in [7, 11) is 3.05. The Morgan fingerprint density at radius 1 is 1.18 bits per heavy atom. The van der Waals surface area contributed by atoms with Crippen LogP contribution in [0.1, 0.15) is 31.0 Å². The standard InChI is InChI=1S/C28H24Br2N2O6S/c1-6-10-38-20-9-8-17(29)11-16(20)12-23-26(33)32-25(18-13-21(35-4)22(36-5)14-19(18)30)24(27(34)37-7-2)15(3)31-28(32)39-23/h1,8-9,11-14,25H,7,10H2,2-5H3/b23-12-/t25-/m0/s1. The fourth-order valence-corrected chi connectivity index (χ4v) is 6.14. The maximum absolute atomic E-state index is 14.0. The van der Waals surface area contributed by atoms with Gasteiger partial charge >= 0.3 is 5.97 Å². The van der Waals surface area contributed by atoms with Crippen LogP contribution < -0.4 is 29.1 Å². The normalized spacial score (nSPS) is 14.8. The Morgan fingerprint density at radius 2 is 1.90 bits per heavy atom. The van der Waals surface area contributed by atoms with Gasteiger partial charge in [-0.3, -0.25) is 9.36 Å². The summed E-state index contributed by atoms with van der Waals surface area (Å²) in [5.41, 5.74) is 1.65. The molecule has 0 aliphatic carbocycles. The van der Waals surface area contributed by atoms with Gasteiger partial charge in [0, 0.05) is 14.5 Å². The molecule has 2 aromatic carbocycles. The zero-order chi connectivity index (χ0) is 28.3. The summed E-state index contributed by atoms with van der Waals surface area (Å²) in [6.45, 7) is 3.70. The van der Waals surface area contributed by atoms with Crippen LogP contribution in [-0.2, 0) is 9.53 Å². The maximum atomic E-state index is 14.0. The Morgan fingerprint density at radius 3 is 2.56 bits per heavy atom. The van der Waals surface area contributed by atoms with Crippen molar-refractivity contribution in [1.29, 1.82) is 0 Å². The first-order valence-electron chi connectivity index (χ1n) is 11.7. The highest BCUT2D eigenvalue weighted by Crippen LogP contribution is 2.40. The smallest absolute Gasteiger partial charge is 0.338 e. The molecule has 0 fully saturated rings. The van der Waals surface area contributed by atoms with E-state index in [4.69, 9.17) is 25.4 Å². The Bertz CT molecular complexity index is 1700. The molecule has 4 rings (SSSR count). The van der Waals surface area contributed by atoms with E-state index in [9.17, 15) is 9.59 Å². The largest absolute Gasteiger partial charge is 0.493 e. The number of halogens is 2. The summed E-state index contributed by atoms with van der Waals surface area (Å²) in [5.74, 6) is 3.36. The third kappa shape index (κ3) is 5.69. The van der Waals surface area contributed by atoms with Gasteiger partial charge in [-0.2, -0.15) is 0 Å². The second kappa shape index (κ2) is 12.2. The minimum atomic E-state index is -0.837. The molecule has 0 saturated carbocycles. The number of fused-ring (bicyclic) bond motifs is 1. The van der Waals surface area contributed by atoms with Gasteiger partial charge in [-0.1, -0.05) is 49.1 Å².